The van der Waals surface area contributed by atoms with Gasteiger partial charge in [-0.25, -0.2) is 0 Å². The number of rotatable bonds is 9. The highest BCUT2D eigenvalue weighted by molar-refractivity contribution is 5.15. The Morgan fingerprint density at radius 2 is 1.72 bits per heavy atom. The molecule has 1 N–H and O–H groups in total. The second-order valence-corrected chi connectivity index (χ2v) is 7.59. The molecule has 0 spiro atoms. The second kappa shape index (κ2) is 9.13. The molecule has 0 radical (unpaired) electrons. The Balaban J connectivity index is 1.51. The van der Waals surface area contributed by atoms with Crippen molar-refractivity contribution in [1.29, 1.82) is 0 Å². The topological polar surface area (TPSA) is 41.9 Å². The van der Waals surface area contributed by atoms with Crippen LogP contribution in [-0.4, -0.2) is 54.1 Å². The highest BCUT2D eigenvalue weighted by atomic mass is 16.5. The van der Waals surface area contributed by atoms with Crippen molar-refractivity contribution in [1.82, 2.24) is 4.90 Å². The summed E-state index contributed by atoms with van der Waals surface area (Å²) in [5.74, 6) is 0. The van der Waals surface area contributed by atoms with Gasteiger partial charge in [-0.1, -0.05) is 36.8 Å². The molecular formula is C21H33NO3. The van der Waals surface area contributed by atoms with Crippen LogP contribution in [0.3, 0.4) is 0 Å². The molecule has 1 aromatic rings. The fraction of sp³-hybridized carbons (Fsp3) is 0.714. The number of aliphatic hydroxyl groups is 1. The molecule has 2 atom stereocenters. The summed E-state index contributed by atoms with van der Waals surface area (Å²) in [5, 5.41) is 11.1. The van der Waals surface area contributed by atoms with Crippen molar-refractivity contribution < 1.29 is 14.6 Å². The zero-order valence-electron chi connectivity index (χ0n) is 15.5. The van der Waals surface area contributed by atoms with E-state index in [-0.39, 0.29) is 0 Å². The fourth-order valence-corrected chi connectivity index (χ4v) is 4.50. The van der Waals surface area contributed by atoms with Gasteiger partial charge < -0.3 is 14.6 Å². The van der Waals surface area contributed by atoms with E-state index >= 15 is 0 Å². The maximum atomic E-state index is 11.1. The maximum absolute atomic E-state index is 11.1. The number of ether oxygens (including phenoxy) is 2. The largest absolute Gasteiger partial charge is 0.390 e. The van der Waals surface area contributed by atoms with E-state index in [4.69, 9.17) is 9.47 Å². The number of hydrogen-bond acceptors (Lipinski definition) is 4. The highest BCUT2D eigenvalue weighted by Crippen LogP contribution is 2.41. The van der Waals surface area contributed by atoms with Gasteiger partial charge >= 0.3 is 0 Å². The van der Waals surface area contributed by atoms with E-state index in [0.717, 1.165) is 32.4 Å². The first kappa shape index (κ1) is 18.8. The van der Waals surface area contributed by atoms with E-state index in [1.165, 1.54) is 24.8 Å². The Morgan fingerprint density at radius 3 is 2.40 bits per heavy atom. The van der Waals surface area contributed by atoms with Crippen molar-refractivity contribution in [2.45, 2.75) is 69.7 Å². The Bertz CT molecular complexity index is 493. The van der Waals surface area contributed by atoms with Crippen molar-refractivity contribution in [2.75, 3.05) is 26.4 Å². The van der Waals surface area contributed by atoms with Crippen LogP contribution in [0.4, 0.5) is 0 Å². The zero-order valence-corrected chi connectivity index (χ0v) is 15.5. The van der Waals surface area contributed by atoms with Gasteiger partial charge in [0, 0.05) is 31.8 Å². The zero-order chi connectivity index (χ0) is 17.5. The van der Waals surface area contributed by atoms with Crippen LogP contribution < -0.4 is 0 Å². The second-order valence-electron chi connectivity index (χ2n) is 7.59. The third-order valence-electron chi connectivity index (χ3n) is 5.74. The van der Waals surface area contributed by atoms with Crippen LogP contribution >= 0.6 is 0 Å². The molecule has 140 valence electrons. The quantitative estimate of drug-likeness (QED) is 0.696. The lowest BCUT2D eigenvalue weighted by atomic mass is 9.74. The summed E-state index contributed by atoms with van der Waals surface area (Å²) in [4.78, 5) is 2.64. The molecule has 4 nitrogen and oxygen atoms in total. The summed E-state index contributed by atoms with van der Waals surface area (Å²) < 4.78 is 10.9. The first-order valence-corrected chi connectivity index (χ1v) is 9.88. The third-order valence-corrected chi connectivity index (χ3v) is 5.74. The van der Waals surface area contributed by atoms with Gasteiger partial charge in [0.25, 0.3) is 0 Å². The third kappa shape index (κ3) is 5.27. The van der Waals surface area contributed by atoms with Gasteiger partial charge in [-0.3, -0.25) is 4.90 Å². The predicted octanol–water partition coefficient (Wildman–Crippen LogP) is 3.38. The standard InChI is InChI=1S/C21H33NO3/c1-2-24-13-14-25-12-11-21(23)15-19-9-6-10-20(16-21)22(19)17-18-7-4-3-5-8-18/h3-5,7-8,19-20,23H,2,6,9-17H2,1H3. The molecule has 2 unspecified atom stereocenters. The number of nitrogens with zero attached hydrogens (tertiary/aromatic N) is 1. The van der Waals surface area contributed by atoms with Crippen LogP contribution in [0.2, 0.25) is 0 Å². The summed E-state index contributed by atoms with van der Waals surface area (Å²) in [6, 6.07) is 11.7. The molecule has 2 aliphatic rings. The van der Waals surface area contributed by atoms with E-state index < -0.39 is 5.60 Å². The minimum absolute atomic E-state index is 0.501. The van der Waals surface area contributed by atoms with Gasteiger partial charge in [-0.15, -0.1) is 0 Å². The molecule has 0 aromatic heterocycles. The van der Waals surface area contributed by atoms with Gasteiger partial charge in [-0.05, 0) is 44.6 Å². The molecule has 25 heavy (non-hydrogen) atoms. The van der Waals surface area contributed by atoms with Crippen molar-refractivity contribution >= 4 is 0 Å². The van der Waals surface area contributed by atoms with E-state index in [2.05, 4.69) is 35.2 Å². The lowest BCUT2D eigenvalue weighted by Gasteiger charge is -2.52. The Kier molecular flexibility index (Phi) is 6.88. The molecule has 2 bridgehead atoms. The van der Waals surface area contributed by atoms with Crippen LogP contribution in [0.15, 0.2) is 30.3 Å². The molecule has 2 aliphatic heterocycles. The Hall–Kier alpha value is -0.940. The maximum Gasteiger partial charge on any atom is 0.0700 e. The summed E-state index contributed by atoms with van der Waals surface area (Å²) >= 11 is 0. The summed E-state index contributed by atoms with van der Waals surface area (Å²) in [7, 11) is 0. The summed E-state index contributed by atoms with van der Waals surface area (Å²) in [5.41, 5.74) is 0.818. The lowest BCUT2D eigenvalue weighted by molar-refractivity contribution is -0.108. The molecule has 3 rings (SSSR count). The molecule has 0 aliphatic carbocycles. The van der Waals surface area contributed by atoms with Crippen LogP contribution in [0.1, 0.15) is 51.0 Å². The van der Waals surface area contributed by atoms with E-state index in [1.807, 2.05) is 6.92 Å². The van der Waals surface area contributed by atoms with Gasteiger partial charge in [0.15, 0.2) is 0 Å². The predicted molar refractivity (Wildman–Crippen MR) is 99.5 cm³/mol. The minimum atomic E-state index is -0.561. The highest BCUT2D eigenvalue weighted by Gasteiger charge is 2.44. The lowest BCUT2D eigenvalue weighted by Crippen LogP contribution is -2.57. The SMILES string of the molecule is CCOCCOCCC1(O)CC2CCCC(C1)N2Cc1ccccc1. The molecule has 4 heteroatoms. The summed E-state index contributed by atoms with van der Waals surface area (Å²) in [6.07, 6.45) is 6.21. The van der Waals surface area contributed by atoms with Gasteiger partial charge in [0.1, 0.15) is 0 Å². The first-order chi connectivity index (χ1) is 12.2. The van der Waals surface area contributed by atoms with E-state index in [1.54, 1.807) is 0 Å². The first-order valence-electron chi connectivity index (χ1n) is 9.88. The fourth-order valence-electron chi connectivity index (χ4n) is 4.50. The van der Waals surface area contributed by atoms with Crippen LogP contribution in [0, 0.1) is 0 Å². The van der Waals surface area contributed by atoms with Crippen molar-refractivity contribution in [3.63, 3.8) is 0 Å². The van der Waals surface area contributed by atoms with Gasteiger partial charge in [0.2, 0.25) is 0 Å². The van der Waals surface area contributed by atoms with Crippen molar-refractivity contribution in [3.05, 3.63) is 35.9 Å². The molecule has 2 fully saturated rings. The number of benzene rings is 1. The Morgan fingerprint density at radius 1 is 1.04 bits per heavy atom. The normalized spacial score (nSPS) is 29.7. The number of hydrogen-bond donors (Lipinski definition) is 1. The average Bonchev–Trinajstić information content (AvgIpc) is 2.60. The van der Waals surface area contributed by atoms with Crippen LogP contribution in [0.5, 0.6) is 0 Å². The van der Waals surface area contributed by atoms with Gasteiger partial charge in [-0.2, -0.15) is 0 Å². The molecular weight excluding hydrogens is 314 g/mol. The van der Waals surface area contributed by atoms with Crippen LogP contribution in [0.25, 0.3) is 0 Å². The number of fused-ring (bicyclic) bond motifs is 2. The summed E-state index contributed by atoms with van der Waals surface area (Å²) in [6.45, 7) is 5.62. The average molecular weight is 347 g/mol. The van der Waals surface area contributed by atoms with Crippen LogP contribution in [-0.2, 0) is 16.0 Å². The Labute approximate surface area is 152 Å². The molecule has 0 saturated carbocycles. The minimum Gasteiger partial charge on any atom is -0.390 e. The monoisotopic (exact) mass is 347 g/mol. The molecule has 2 saturated heterocycles. The van der Waals surface area contributed by atoms with Gasteiger partial charge in [0.05, 0.1) is 18.8 Å². The number of piperidine rings is 2. The van der Waals surface area contributed by atoms with Crippen molar-refractivity contribution in [2.24, 2.45) is 0 Å². The van der Waals surface area contributed by atoms with E-state index in [9.17, 15) is 5.11 Å². The molecule has 0 amide bonds. The van der Waals surface area contributed by atoms with Crippen molar-refractivity contribution in [3.8, 4) is 0 Å². The smallest absolute Gasteiger partial charge is 0.0700 e. The van der Waals surface area contributed by atoms with E-state index in [0.29, 0.717) is 31.9 Å². The molecule has 1 aromatic carbocycles. The molecule has 2 heterocycles.